The number of thioether (sulfide) groups is 2. The van der Waals surface area contributed by atoms with Crippen molar-refractivity contribution in [2.45, 2.75) is 17.6 Å². The molecule has 0 aliphatic carbocycles. The first-order valence-electron chi connectivity index (χ1n) is 5.64. The highest BCUT2D eigenvalue weighted by Crippen LogP contribution is 2.45. The SMILES string of the molecule is C[C@@H](C#N)OC(=O)c1ccc(C2SCCS2)cc1. The van der Waals surface area contributed by atoms with Crippen LogP contribution in [0.15, 0.2) is 24.3 Å². The van der Waals surface area contributed by atoms with Gasteiger partial charge in [0.1, 0.15) is 6.07 Å². The van der Waals surface area contributed by atoms with Crippen LogP contribution in [0.1, 0.15) is 27.4 Å². The molecular weight excluding hydrogens is 266 g/mol. The van der Waals surface area contributed by atoms with Crippen molar-refractivity contribution >= 4 is 29.5 Å². The van der Waals surface area contributed by atoms with Gasteiger partial charge in [0.15, 0.2) is 6.10 Å². The fraction of sp³-hybridized carbons (Fsp3) is 0.385. The van der Waals surface area contributed by atoms with Crippen molar-refractivity contribution < 1.29 is 9.53 Å². The van der Waals surface area contributed by atoms with Crippen LogP contribution < -0.4 is 0 Å². The normalized spacial score (nSPS) is 17.1. The lowest BCUT2D eigenvalue weighted by atomic mass is 10.1. The zero-order valence-corrected chi connectivity index (χ0v) is 11.6. The van der Waals surface area contributed by atoms with E-state index in [1.54, 1.807) is 19.1 Å². The van der Waals surface area contributed by atoms with E-state index in [4.69, 9.17) is 10.00 Å². The molecule has 2 rings (SSSR count). The number of hydrogen-bond donors (Lipinski definition) is 0. The third-order valence-corrected chi connectivity index (χ3v) is 5.61. The lowest BCUT2D eigenvalue weighted by molar-refractivity contribution is 0.0435. The van der Waals surface area contributed by atoms with Crippen molar-refractivity contribution in [3.8, 4) is 6.07 Å². The van der Waals surface area contributed by atoms with E-state index in [0.717, 1.165) is 0 Å². The van der Waals surface area contributed by atoms with Gasteiger partial charge in [-0.2, -0.15) is 5.26 Å². The fourth-order valence-electron chi connectivity index (χ4n) is 1.58. The molecule has 0 radical (unpaired) electrons. The van der Waals surface area contributed by atoms with Gasteiger partial charge in [-0.25, -0.2) is 4.79 Å². The first-order valence-corrected chi connectivity index (χ1v) is 7.74. The molecule has 0 amide bonds. The van der Waals surface area contributed by atoms with E-state index in [1.165, 1.54) is 17.1 Å². The summed E-state index contributed by atoms with van der Waals surface area (Å²) in [6.07, 6.45) is -0.710. The van der Waals surface area contributed by atoms with Gasteiger partial charge in [0.2, 0.25) is 0 Å². The van der Waals surface area contributed by atoms with Gasteiger partial charge in [0, 0.05) is 11.5 Å². The third-order valence-electron chi connectivity index (χ3n) is 2.51. The van der Waals surface area contributed by atoms with Crippen molar-refractivity contribution in [1.82, 2.24) is 0 Å². The van der Waals surface area contributed by atoms with E-state index < -0.39 is 12.1 Å². The fourth-order valence-corrected chi connectivity index (χ4v) is 4.44. The quantitative estimate of drug-likeness (QED) is 0.795. The minimum atomic E-state index is -0.710. The summed E-state index contributed by atoms with van der Waals surface area (Å²) >= 11 is 3.86. The smallest absolute Gasteiger partial charge is 0.339 e. The van der Waals surface area contributed by atoms with Crippen molar-refractivity contribution in [2.24, 2.45) is 0 Å². The predicted octanol–water partition coefficient (Wildman–Crippen LogP) is 3.23. The molecule has 3 nitrogen and oxygen atoms in total. The van der Waals surface area contributed by atoms with Crippen molar-refractivity contribution in [1.29, 1.82) is 5.26 Å². The molecule has 0 unspecified atom stereocenters. The average molecular weight is 279 g/mol. The lowest BCUT2D eigenvalue weighted by Gasteiger charge is -2.09. The minimum Gasteiger partial charge on any atom is -0.444 e. The van der Waals surface area contributed by atoms with E-state index in [2.05, 4.69) is 0 Å². The molecule has 1 aromatic carbocycles. The van der Waals surface area contributed by atoms with E-state index in [0.29, 0.717) is 10.1 Å². The first-order chi connectivity index (χ1) is 8.70. The van der Waals surface area contributed by atoms with Crippen LogP contribution in [-0.2, 0) is 4.74 Å². The topological polar surface area (TPSA) is 50.1 Å². The Morgan fingerprint density at radius 1 is 1.39 bits per heavy atom. The standard InChI is InChI=1S/C13H13NO2S2/c1-9(8-14)16-12(15)10-2-4-11(5-3-10)13-17-6-7-18-13/h2-5,9,13H,6-7H2,1H3/t9-/m0/s1. The molecular formula is C13H13NO2S2. The summed E-state index contributed by atoms with van der Waals surface area (Å²) in [5.41, 5.74) is 1.72. The maximum atomic E-state index is 11.7. The molecule has 1 saturated heterocycles. The zero-order chi connectivity index (χ0) is 13.0. The highest BCUT2D eigenvalue weighted by atomic mass is 32.2. The van der Waals surface area contributed by atoms with Crippen molar-refractivity contribution in [2.75, 3.05) is 11.5 Å². The van der Waals surface area contributed by atoms with Crippen LogP contribution in [0.2, 0.25) is 0 Å². The summed E-state index contributed by atoms with van der Waals surface area (Å²) < 4.78 is 5.42. The molecule has 1 aliphatic heterocycles. The Kier molecular flexibility index (Phi) is 4.56. The molecule has 0 aromatic heterocycles. The second-order valence-corrected chi connectivity index (χ2v) is 6.60. The molecule has 0 bridgehead atoms. The number of ether oxygens (including phenoxy) is 1. The number of nitriles is 1. The minimum absolute atomic E-state index is 0.442. The number of benzene rings is 1. The molecule has 1 aromatic rings. The largest absolute Gasteiger partial charge is 0.444 e. The Hall–Kier alpha value is -1.12. The van der Waals surface area contributed by atoms with Gasteiger partial charge in [-0.1, -0.05) is 12.1 Å². The number of carbonyl (C=O) groups excluding carboxylic acids is 1. The first kappa shape index (κ1) is 13.3. The highest BCUT2D eigenvalue weighted by molar-refractivity contribution is 8.19. The van der Waals surface area contributed by atoms with Crippen molar-refractivity contribution in [3.63, 3.8) is 0 Å². The maximum absolute atomic E-state index is 11.7. The van der Waals surface area contributed by atoms with Crippen LogP contribution >= 0.6 is 23.5 Å². The summed E-state index contributed by atoms with van der Waals surface area (Å²) in [5.74, 6) is 1.92. The Balaban J connectivity index is 2.03. The molecule has 5 heteroatoms. The molecule has 0 spiro atoms. The van der Waals surface area contributed by atoms with Gasteiger partial charge < -0.3 is 4.74 Å². The maximum Gasteiger partial charge on any atom is 0.339 e. The summed E-state index contributed by atoms with van der Waals surface area (Å²) in [5, 5.41) is 8.59. The second kappa shape index (κ2) is 6.17. The van der Waals surface area contributed by atoms with E-state index >= 15 is 0 Å². The highest BCUT2D eigenvalue weighted by Gasteiger charge is 2.19. The Bertz CT molecular complexity index is 461. The van der Waals surface area contributed by atoms with Crippen LogP contribution in [-0.4, -0.2) is 23.6 Å². The molecule has 18 heavy (non-hydrogen) atoms. The Morgan fingerprint density at radius 3 is 2.56 bits per heavy atom. The van der Waals surface area contributed by atoms with E-state index in [-0.39, 0.29) is 0 Å². The third kappa shape index (κ3) is 3.21. The predicted molar refractivity (Wildman–Crippen MR) is 74.6 cm³/mol. The molecule has 0 saturated carbocycles. The number of hydrogen-bond acceptors (Lipinski definition) is 5. The van der Waals surface area contributed by atoms with Crippen LogP contribution in [0.3, 0.4) is 0 Å². The van der Waals surface area contributed by atoms with Crippen LogP contribution in [0.5, 0.6) is 0 Å². The average Bonchev–Trinajstić information content (AvgIpc) is 2.92. The summed E-state index contributed by atoms with van der Waals surface area (Å²) in [7, 11) is 0. The zero-order valence-electron chi connectivity index (χ0n) is 9.96. The van der Waals surface area contributed by atoms with Gasteiger partial charge >= 0.3 is 5.97 Å². The van der Waals surface area contributed by atoms with E-state index in [1.807, 2.05) is 41.7 Å². The molecule has 1 atom stereocenters. The Morgan fingerprint density at radius 2 is 2.00 bits per heavy atom. The number of esters is 1. The summed E-state index contributed by atoms with van der Waals surface area (Å²) in [4.78, 5) is 11.7. The number of nitrogens with zero attached hydrogens (tertiary/aromatic N) is 1. The summed E-state index contributed by atoms with van der Waals surface area (Å²) in [6, 6.07) is 9.33. The Labute approximate surface area is 115 Å². The van der Waals surface area contributed by atoms with Gasteiger partial charge in [-0.3, -0.25) is 0 Å². The van der Waals surface area contributed by atoms with Crippen LogP contribution in [0, 0.1) is 11.3 Å². The lowest BCUT2D eigenvalue weighted by Crippen LogP contribution is -2.12. The number of rotatable bonds is 3. The number of carbonyl (C=O) groups is 1. The second-order valence-electron chi connectivity index (χ2n) is 3.87. The monoisotopic (exact) mass is 279 g/mol. The molecule has 1 aliphatic rings. The molecule has 1 heterocycles. The molecule has 1 fully saturated rings. The molecule has 0 N–H and O–H groups in total. The van der Waals surface area contributed by atoms with Gasteiger partial charge in [-0.05, 0) is 24.6 Å². The van der Waals surface area contributed by atoms with Crippen molar-refractivity contribution in [3.05, 3.63) is 35.4 Å². The van der Waals surface area contributed by atoms with Gasteiger partial charge in [-0.15, -0.1) is 23.5 Å². The van der Waals surface area contributed by atoms with Crippen LogP contribution in [0.4, 0.5) is 0 Å². The van der Waals surface area contributed by atoms with Gasteiger partial charge in [0.05, 0.1) is 10.1 Å². The van der Waals surface area contributed by atoms with Gasteiger partial charge in [0.25, 0.3) is 0 Å². The van der Waals surface area contributed by atoms with E-state index in [9.17, 15) is 4.79 Å². The van der Waals surface area contributed by atoms with Crippen LogP contribution in [0.25, 0.3) is 0 Å². The molecule has 94 valence electrons. The summed E-state index contributed by atoms with van der Waals surface area (Å²) in [6.45, 7) is 1.55.